The number of nitrogens with zero attached hydrogens (tertiary/aromatic N) is 1. The molecule has 0 spiro atoms. The number of carbonyl (C=O) groups excluding carboxylic acids is 2. The van der Waals surface area contributed by atoms with Crippen molar-refractivity contribution in [2.75, 3.05) is 27.7 Å². The minimum absolute atomic E-state index is 0.164. The lowest BCUT2D eigenvalue weighted by Crippen LogP contribution is -2.45. The summed E-state index contributed by atoms with van der Waals surface area (Å²) in [7, 11) is 5.62. The Labute approximate surface area is 138 Å². The maximum atomic E-state index is 11.8. The van der Waals surface area contributed by atoms with Gasteiger partial charge < -0.3 is 24.2 Å². The SMILES string of the molecule is CC/C=C/C=C/CC(O)CC(=O)OC(CC(=O)[O-])C[N+](C)(C)C. The van der Waals surface area contributed by atoms with Crippen LogP contribution in [-0.4, -0.2) is 61.4 Å². The van der Waals surface area contributed by atoms with Gasteiger partial charge in [-0.15, -0.1) is 0 Å². The van der Waals surface area contributed by atoms with E-state index in [9.17, 15) is 19.8 Å². The van der Waals surface area contributed by atoms with Crippen molar-refractivity contribution in [1.82, 2.24) is 0 Å². The predicted octanol–water partition coefficient (Wildman–Crippen LogP) is 0.408. The smallest absolute Gasteiger partial charge is 0.308 e. The summed E-state index contributed by atoms with van der Waals surface area (Å²) in [6.07, 6.45) is 6.60. The summed E-state index contributed by atoms with van der Waals surface area (Å²) in [4.78, 5) is 22.6. The van der Waals surface area contributed by atoms with Crippen molar-refractivity contribution in [3.8, 4) is 0 Å². The molecule has 0 aliphatic heterocycles. The van der Waals surface area contributed by atoms with Crippen molar-refractivity contribution in [1.29, 1.82) is 0 Å². The molecule has 0 saturated carbocycles. The van der Waals surface area contributed by atoms with Crippen LogP contribution in [0.2, 0.25) is 0 Å². The van der Waals surface area contributed by atoms with Gasteiger partial charge >= 0.3 is 5.97 Å². The van der Waals surface area contributed by atoms with E-state index >= 15 is 0 Å². The van der Waals surface area contributed by atoms with Gasteiger partial charge in [-0.1, -0.05) is 31.2 Å². The van der Waals surface area contributed by atoms with Gasteiger partial charge in [-0.05, 0) is 12.8 Å². The molecule has 0 fully saturated rings. The van der Waals surface area contributed by atoms with Crippen LogP contribution in [0.1, 0.15) is 32.6 Å². The van der Waals surface area contributed by atoms with E-state index in [1.165, 1.54) is 0 Å². The highest BCUT2D eigenvalue weighted by atomic mass is 16.5. The fourth-order valence-corrected chi connectivity index (χ4v) is 1.98. The number of ether oxygens (including phenoxy) is 1. The first-order chi connectivity index (χ1) is 10.6. The molecule has 0 bridgehead atoms. The van der Waals surface area contributed by atoms with Gasteiger partial charge in [-0.25, -0.2) is 0 Å². The van der Waals surface area contributed by atoms with Crippen LogP contribution >= 0.6 is 0 Å². The van der Waals surface area contributed by atoms with Crippen molar-refractivity contribution >= 4 is 11.9 Å². The van der Waals surface area contributed by atoms with E-state index in [1.54, 1.807) is 6.08 Å². The van der Waals surface area contributed by atoms with E-state index in [0.717, 1.165) is 6.42 Å². The van der Waals surface area contributed by atoms with Crippen LogP contribution in [0.4, 0.5) is 0 Å². The molecule has 1 N–H and O–H groups in total. The molecule has 0 aromatic carbocycles. The molecule has 0 aliphatic rings. The van der Waals surface area contributed by atoms with E-state index in [4.69, 9.17) is 4.74 Å². The monoisotopic (exact) mass is 327 g/mol. The average Bonchev–Trinajstić information content (AvgIpc) is 2.35. The zero-order valence-corrected chi connectivity index (χ0v) is 14.5. The first kappa shape index (κ1) is 21.3. The number of rotatable bonds is 11. The number of aliphatic hydroxyl groups is 1. The van der Waals surface area contributed by atoms with Crippen LogP contribution < -0.4 is 5.11 Å². The van der Waals surface area contributed by atoms with Gasteiger partial charge in [0.15, 0.2) is 6.10 Å². The van der Waals surface area contributed by atoms with Crippen molar-refractivity contribution in [2.24, 2.45) is 0 Å². The van der Waals surface area contributed by atoms with Gasteiger partial charge in [0.05, 0.1) is 33.7 Å². The number of hydrogen-bond acceptors (Lipinski definition) is 5. The summed E-state index contributed by atoms with van der Waals surface area (Å²) < 4.78 is 5.64. The van der Waals surface area contributed by atoms with Gasteiger partial charge in [0, 0.05) is 12.4 Å². The lowest BCUT2D eigenvalue weighted by atomic mass is 10.1. The molecule has 0 saturated heterocycles. The molecule has 0 aromatic heterocycles. The number of hydrogen-bond donors (Lipinski definition) is 1. The Morgan fingerprint density at radius 1 is 1.17 bits per heavy atom. The third-order valence-corrected chi connectivity index (χ3v) is 2.87. The zero-order chi connectivity index (χ0) is 17.9. The molecule has 0 amide bonds. The van der Waals surface area contributed by atoms with Crippen LogP contribution in [-0.2, 0) is 14.3 Å². The second-order valence-electron chi connectivity index (χ2n) is 6.52. The number of aliphatic carboxylic acids is 1. The number of esters is 1. The van der Waals surface area contributed by atoms with E-state index in [0.29, 0.717) is 17.4 Å². The molecule has 0 aliphatic carbocycles. The maximum absolute atomic E-state index is 11.8. The topological polar surface area (TPSA) is 86.7 Å². The third-order valence-electron chi connectivity index (χ3n) is 2.87. The molecule has 6 nitrogen and oxygen atoms in total. The fourth-order valence-electron chi connectivity index (χ4n) is 1.98. The van der Waals surface area contributed by atoms with Gasteiger partial charge in [0.2, 0.25) is 0 Å². The van der Waals surface area contributed by atoms with Crippen molar-refractivity contribution in [3.05, 3.63) is 24.3 Å². The molecule has 132 valence electrons. The Balaban J connectivity index is 4.37. The third kappa shape index (κ3) is 13.7. The largest absolute Gasteiger partial charge is 0.550 e. The number of carboxylic acids is 1. The Morgan fingerprint density at radius 2 is 1.78 bits per heavy atom. The van der Waals surface area contributed by atoms with E-state index < -0.39 is 24.1 Å². The first-order valence-corrected chi connectivity index (χ1v) is 7.83. The quantitative estimate of drug-likeness (QED) is 0.337. The van der Waals surface area contributed by atoms with Gasteiger partial charge in [-0.3, -0.25) is 4.79 Å². The Morgan fingerprint density at radius 3 is 2.30 bits per heavy atom. The molecule has 0 rings (SSSR count). The van der Waals surface area contributed by atoms with Crippen molar-refractivity contribution in [3.63, 3.8) is 0 Å². The molecule has 23 heavy (non-hydrogen) atoms. The number of likely N-dealkylation sites (N-methyl/N-ethyl adjacent to an activating group) is 1. The van der Waals surface area contributed by atoms with Crippen LogP contribution in [0, 0.1) is 0 Å². The lowest BCUT2D eigenvalue weighted by Gasteiger charge is -2.29. The highest BCUT2D eigenvalue weighted by molar-refractivity contribution is 5.71. The summed E-state index contributed by atoms with van der Waals surface area (Å²) in [6.45, 7) is 2.38. The predicted molar refractivity (Wildman–Crippen MR) is 86.2 cm³/mol. The summed E-state index contributed by atoms with van der Waals surface area (Å²) in [6, 6.07) is 0. The molecular weight excluding hydrogens is 298 g/mol. The van der Waals surface area contributed by atoms with Crippen molar-refractivity contribution < 1.29 is 29.0 Å². The Kier molecular flexibility index (Phi) is 10.2. The second-order valence-corrected chi connectivity index (χ2v) is 6.52. The Hall–Kier alpha value is -1.66. The van der Waals surface area contributed by atoms with E-state index in [1.807, 2.05) is 46.3 Å². The molecule has 0 radical (unpaired) electrons. The summed E-state index contributed by atoms with van der Waals surface area (Å²) in [5, 5.41) is 20.5. The number of carbonyl (C=O) groups is 2. The minimum atomic E-state index is -1.26. The van der Waals surface area contributed by atoms with E-state index in [2.05, 4.69) is 0 Å². The minimum Gasteiger partial charge on any atom is -0.550 e. The van der Waals surface area contributed by atoms with Gasteiger partial charge in [-0.2, -0.15) is 0 Å². The van der Waals surface area contributed by atoms with Crippen molar-refractivity contribution in [2.45, 2.75) is 44.8 Å². The normalized spacial score (nSPS) is 15.0. The first-order valence-electron chi connectivity index (χ1n) is 7.83. The van der Waals surface area contributed by atoms with Gasteiger partial charge in [0.25, 0.3) is 0 Å². The molecule has 6 heteroatoms. The molecule has 0 heterocycles. The number of quaternary nitrogens is 1. The van der Waals surface area contributed by atoms with Crippen LogP contribution in [0.3, 0.4) is 0 Å². The highest BCUT2D eigenvalue weighted by Crippen LogP contribution is 2.08. The molecular formula is C17H29NO5. The maximum Gasteiger partial charge on any atom is 0.308 e. The van der Waals surface area contributed by atoms with Crippen LogP contribution in [0.5, 0.6) is 0 Å². The lowest BCUT2D eigenvalue weighted by molar-refractivity contribution is -0.873. The fraction of sp³-hybridized carbons (Fsp3) is 0.647. The number of carboxylic acid groups (broad SMARTS) is 1. The summed E-state index contributed by atoms with van der Waals surface area (Å²) >= 11 is 0. The molecule has 2 unspecified atom stereocenters. The van der Waals surface area contributed by atoms with Crippen LogP contribution in [0.25, 0.3) is 0 Å². The Bertz CT molecular complexity index is 423. The molecule has 0 aromatic rings. The van der Waals surface area contributed by atoms with E-state index in [-0.39, 0.29) is 12.8 Å². The van der Waals surface area contributed by atoms with Gasteiger partial charge in [0.1, 0.15) is 6.54 Å². The highest BCUT2D eigenvalue weighted by Gasteiger charge is 2.23. The standard InChI is InChI=1S/C17H29NO5/c1-5-6-7-8-9-10-14(19)11-17(22)23-15(12-16(20)21)13-18(2,3)4/h6-9,14-15,19H,5,10-13H2,1-4H3/b7-6+,9-8+. The van der Waals surface area contributed by atoms with Crippen LogP contribution in [0.15, 0.2) is 24.3 Å². The number of allylic oxidation sites excluding steroid dienone is 3. The average molecular weight is 327 g/mol. The summed E-state index contributed by atoms with van der Waals surface area (Å²) in [5.41, 5.74) is 0. The number of aliphatic hydroxyl groups excluding tert-OH is 1. The summed E-state index contributed by atoms with van der Waals surface area (Å²) in [5.74, 6) is -1.86. The zero-order valence-electron chi connectivity index (χ0n) is 14.5. The molecule has 2 atom stereocenters. The second kappa shape index (κ2) is 11.0.